The van der Waals surface area contributed by atoms with Crippen LogP contribution in [0.25, 0.3) is 0 Å². The number of rotatable bonds is 7. The van der Waals surface area contributed by atoms with E-state index in [2.05, 4.69) is 10.6 Å². The van der Waals surface area contributed by atoms with Gasteiger partial charge >= 0.3 is 0 Å². The molecule has 4 N–H and O–H groups in total. The van der Waals surface area contributed by atoms with Crippen molar-refractivity contribution in [3.63, 3.8) is 0 Å². The predicted molar refractivity (Wildman–Crippen MR) is 86.3 cm³/mol. The van der Waals surface area contributed by atoms with Crippen molar-refractivity contribution in [2.45, 2.75) is 38.6 Å². The smallest absolute Gasteiger partial charge is 0.251 e. The molecule has 0 spiro atoms. The Morgan fingerprint density at radius 1 is 1.09 bits per heavy atom. The van der Waals surface area contributed by atoms with E-state index in [-0.39, 0.29) is 17.7 Å². The van der Waals surface area contributed by atoms with Crippen LogP contribution in [0.1, 0.15) is 48.0 Å². The quantitative estimate of drug-likeness (QED) is 0.669. The van der Waals surface area contributed by atoms with E-state index in [4.69, 9.17) is 5.73 Å². The van der Waals surface area contributed by atoms with E-state index in [1.54, 1.807) is 12.1 Å². The summed E-state index contributed by atoms with van der Waals surface area (Å²) in [5.41, 5.74) is 7.02. The first-order valence-electron chi connectivity index (χ1n) is 8.05. The van der Waals surface area contributed by atoms with Gasteiger partial charge in [0.2, 0.25) is 5.91 Å². The van der Waals surface area contributed by atoms with Crippen LogP contribution in [0.2, 0.25) is 0 Å². The molecule has 0 radical (unpaired) electrons. The van der Waals surface area contributed by atoms with E-state index in [9.17, 15) is 9.59 Å². The minimum absolute atomic E-state index is 0.0880. The maximum Gasteiger partial charge on any atom is 0.251 e. The Hall–Kier alpha value is -1.88. The third kappa shape index (κ3) is 4.84. The minimum atomic E-state index is -0.0880. The Bertz CT molecular complexity index is 493. The highest BCUT2D eigenvalue weighted by atomic mass is 16.2. The van der Waals surface area contributed by atoms with E-state index in [1.165, 1.54) is 0 Å². The van der Waals surface area contributed by atoms with Gasteiger partial charge in [-0.3, -0.25) is 9.59 Å². The molecule has 0 saturated heterocycles. The van der Waals surface area contributed by atoms with Crippen LogP contribution in [0, 0.1) is 5.92 Å². The summed E-state index contributed by atoms with van der Waals surface area (Å²) in [6.45, 7) is 1.68. The molecule has 2 amide bonds. The summed E-state index contributed by atoms with van der Waals surface area (Å²) < 4.78 is 0. The van der Waals surface area contributed by atoms with Gasteiger partial charge in [0.05, 0.1) is 0 Å². The van der Waals surface area contributed by atoms with Crippen LogP contribution in [-0.2, 0) is 11.3 Å². The average Bonchev–Trinajstić information content (AvgIpc) is 3.08. The number of amides is 2. The number of nitrogens with two attached hydrogens (primary N) is 1. The predicted octanol–water partition coefficient (Wildman–Crippen LogP) is 1.57. The summed E-state index contributed by atoms with van der Waals surface area (Å²) in [6, 6.07) is 7.34. The third-order valence-corrected chi connectivity index (χ3v) is 4.08. The molecule has 120 valence electrons. The largest absolute Gasteiger partial charge is 0.352 e. The molecular formula is C17H25N3O2. The van der Waals surface area contributed by atoms with Gasteiger partial charge in [0.15, 0.2) is 0 Å². The summed E-state index contributed by atoms with van der Waals surface area (Å²) in [5.74, 6) is 0.253. The number of hydrogen-bond acceptors (Lipinski definition) is 3. The maximum atomic E-state index is 12.0. The van der Waals surface area contributed by atoms with Gasteiger partial charge in [0.25, 0.3) is 5.91 Å². The fraction of sp³-hybridized carbons (Fsp3) is 0.529. The van der Waals surface area contributed by atoms with E-state index in [1.807, 2.05) is 12.1 Å². The molecule has 5 heteroatoms. The van der Waals surface area contributed by atoms with E-state index >= 15 is 0 Å². The van der Waals surface area contributed by atoms with E-state index in [0.717, 1.165) is 37.7 Å². The molecule has 1 aliphatic carbocycles. The highest BCUT2D eigenvalue weighted by Crippen LogP contribution is 2.24. The zero-order valence-electron chi connectivity index (χ0n) is 12.9. The topological polar surface area (TPSA) is 84.2 Å². The number of hydrogen-bond donors (Lipinski definition) is 3. The zero-order chi connectivity index (χ0) is 15.8. The van der Waals surface area contributed by atoms with Crippen molar-refractivity contribution >= 4 is 11.8 Å². The average molecular weight is 303 g/mol. The second-order valence-corrected chi connectivity index (χ2v) is 5.79. The van der Waals surface area contributed by atoms with Gasteiger partial charge < -0.3 is 16.4 Å². The van der Waals surface area contributed by atoms with Crippen LogP contribution < -0.4 is 16.4 Å². The van der Waals surface area contributed by atoms with Crippen molar-refractivity contribution < 1.29 is 9.59 Å². The summed E-state index contributed by atoms with van der Waals surface area (Å²) in [4.78, 5) is 23.8. The molecule has 1 aromatic rings. The number of carbonyl (C=O) groups excluding carboxylic acids is 2. The SMILES string of the molecule is NCCCNC(=O)c1ccc(CNC(=O)C2CCCC2)cc1. The molecule has 5 nitrogen and oxygen atoms in total. The van der Waals surface area contributed by atoms with Gasteiger partial charge in [-0.05, 0) is 43.5 Å². The molecule has 0 aromatic heterocycles. The van der Waals surface area contributed by atoms with Crippen LogP contribution in [0.3, 0.4) is 0 Å². The highest BCUT2D eigenvalue weighted by Gasteiger charge is 2.22. The van der Waals surface area contributed by atoms with Gasteiger partial charge in [0.1, 0.15) is 0 Å². The molecule has 1 aromatic carbocycles. The van der Waals surface area contributed by atoms with Gasteiger partial charge in [0, 0.05) is 24.6 Å². The Kier molecular flexibility index (Phi) is 6.40. The number of benzene rings is 1. The summed E-state index contributed by atoms with van der Waals surface area (Å²) in [5, 5.41) is 5.80. The van der Waals surface area contributed by atoms with Crippen molar-refractivity contribution in [1.29, 1.82) is 0 Å². The molecule has 1 aliphatic rings. The third-order valence-electron chi connectivity index (χ3n) is 4.08. The van der Waals surface area contributed by atoms with Crippen molar-refractivity contribution in [2.75, 3.05) is 13.1 Å². The lowest BCUT2D eigenvalue weighted by atomic mass is 10.1. The van der Waals surface area contributed by atoms with Gasteiger partial charge in [-0.25, -0.2) is 0 Å². The molecule has 1 fully saturated rings. The van der Waals surface area contributed by atoms with Crippen LogP contribution in [0.4, 0.5) is 0 Å². The first-order valence-corrected chi connectivity index (χ1v) is 8.05. The van der Waals surface area contributed by atoms with E-state index < -0.39 is 0 Å². The van der Waals surface area contributed by atoms with Crippen LogP contribution in [0.15, 0.2) is 24.3 Å². The first-order chi connectivity index (χ1) is 10.7. The molecule has 0 unspecified atom stereocenters. The van der Waals surface area contributed by atoms with Crippen molar-refractivity contribution in [1.82, 2.24) is 10.6 Å². The zero-order valence-corrected chi connectivity index (χ0v) is 12.9. The Balaban J connectivity index is 1.78. The van der Waals surface area contributed by atoms with Crippen molar-refractivity contribution in [3.05, 3.63) is 35.4 Å². The molecule has 0 heterocycles. The second-order valence-electron chi connectivity index (χ2n) is 5.79. The molecule has 0 atom stereocenters. The molecule has 0 aliphatic heterocycles. The fourth-order valence-corrected chi connectivity index (χ4v) is 2.70. The maximum absolute atomic E-state index is 12.0. The van der Waals surface area contributed by atoms with E-state index in [0.29, 0.717) is 25.2 Å². The number of carbonyl (C=O) groups is 2. The summed E-state index contributed by atoms with van der Waals surface area (Å²) in [7, 11) is 0. The Morgan fingerprint density at radius 2 is 1.77 bits per heavy atom. The monoisotopic (exact) mass is 303 g/mol. The minimum Gasteiger partial charge on any atom is -0.352 e. The summed E-state index contributed by atoms with van der Waals surface area (Å²) in [6.07, 6.45) is 5.11. The lowest BCUT2D eigenvalue weighted by Gasteiger charge is -2.10. The highest BCUT2D eigenvalue weighted by molar-refractivity contribution is 5.94. The number of nitrogens with one attached hydrogen (secondary N) is 2. The Labute approximate surface area is 131 Å². The van der Waals surface area contributed by atoms with Gasteiger partial charge in [-0.1, -0.05) is 25.0 Å². The van der Waals surface area contributed by atoms with Crippen LogP contribution in [-0.4, -0.2) is 24.9 Å². The molecule has 0 bridgehead atoms. The van der Waals surface area contributed by atoms with Crippen molar-refractivity contribution in [3.8, 4) is 0 Å². The molecule has 1 saturated carbocycles. The van der Waals surface area contributed by atoms with Crippen LogP contribution >= 0.6 is 0 Å². The fourth-order valence-electron chi connectivity index (χ4n) is 2.70. The Morgan fingerprint density at radius 3 is 2.41 bits per heavy atom. The molecule has 22 heavy (non-hydrogen) atoms. The van der Waals surface area contributed by atoms with Gasteiger partial charge in [-0.15, -0.1) is 0 Å². The second kappa shape index (κ2) is 8.54. The lowest BCUT2D eigenvalue weighted by Crippen LogP contribution is -2.29. The van der Waals surface area contributed by atoms with Crippen LogP contribution in [0.5, 0.6) is 0 Å². The standard InChI is InChI=1S/C17H25N3O2/c18-10-3-11-19-16(21)15-8-6-13(7-9-15)12-20-17(22)14-4-1-2-5-14/h6-9,14H,1-5,10-12,18H2,(H,19,21)(H,20,22). The normalized spacial score (nSPS) is 14.8. The first kappa shape index (κ1) is 16.5. The summed E-state index contributed by atoms with van der Waals surface area (Å²) >= 11 is 0. The molecular weight excluding hydrogens is 278 g/mol. The van der Waals surface area contributed by atoms with Crippen molar-refractivity contribution in [2.24, 2.45) is 11.7 Å². The van der Waals surface area contributed by atoms with Gasteiger partial charge in [-0.2, -0.15) is 0 Å². The lowest BCUT2D eigenvalue weighted by molar-refractivity contribution is -0.124. The molecule has 2 rings (SSSR count).